The molecule has 0 bridgehead atoms. The summed E-state index contributed by atoms with van der Waals surface area (Å²) in [6.45, 7) is 4.02. The van der Waals surface area contributed by atoms with Gasteiger partial charge in [-0.15, -0.1) is 21.5 Å². The number of nitrogens with one attached hydrogen (secondary N) is 2. The molecule has 0 atom stereocenters. The first-order valence-corrected chi connectivity index (χ1v) is 12.5. The zero-order valence-electron chi connectivity index (χ0n) is 16.4. The summed E-state index contributed by atoms with van der Waals surface area (Å²) in [4.78, 5) is 17.8. The lowest BCUT2D eigenvalue weighted by Crippen LogP contribution is -2.36. The minimum Gasteiger partial charge on any atom is -0.295 e. The number of carbonyl (C=O) groups is 1. The quantitative estimate of drug-likeness (QED) is 0.332. The molecule has 0 saturated carbocycles. The molecule has 2 aromatic carbocycles. The Morgan fingerprint density at radius 2 is 2.00 bits per heavy atom. The minimum atomic E-state index is -0.189. The Hall–Kier alpha value is -2.79. The molecule has 2 N–H and O–H groups in total. The summed E-state index contributed by atoms with van der Waals surface area (Å²) in [5, 5.41) is 17.2. The van der Waals surface area contributed by atoms with Crippen molar-refractivity contribution in [3.63, 3.8) is 0 Å². The molecule has 7 nitrogen and oxygen atoms in total. The van der Waals surface area contributed by atoms with E-state index in [9.17, 15) is 4.79 Å². The summed E-state index contributed by atoms with van der Waals surface area (Å²) >= 11 is 10.2. The van der Waals surface area contributed by atoms with Crippen molar-refractivity contribution in [3.05, 3.63) is 69.4 Å². The Labute approximate surface area is 200 Å². The number of aliphatic imine (C=N–C) groups is 1. The van der Waals surface area contributed by atoms with Gasteiger partial charge in [0.2, 0.25) is 16.8 Å². The van der Waals surface area contributed by atoms with Crippen molar-refractivity contribution in [1.29, 1.82) is 0 Å². The van der Waals surface area contributed by atoms with E-state index in [1.54, 1.807) is 0 Å². The number of guanidine groups is 1. The van der Waals surface area contributed by atoms with Gasteiger partial charge >= 0.3 is 0 Å². The summed E-state index contributed by atoms with van der Waals surface area (Å²) in [7, 11) is 0. The van der Waals surface area contributed by atoms with Gasteiger partial charge in [0.1, 0.15) is 5.03 Å². The van der Waals surface area contributed by atoms with Crippen LogP contribution in [0.25, 0.3) is 27.8 Å². The Morgan fingerprint density at radius 1 is 1.19 bits per heavy atom. The number of hydrogen-bond acceptors (Lipinski definition) is 8. The molecule has 5 rings (SSSR count). The first kappa shape index (κ1) is 21.1. The fourth-order valence-electron chi connectivity index (χ4n) is 3.05. The predicted molar refractivity (Wildman–Crippen MR) is 133 cm³/mol. The number of thioether (sulfide) groups is 1. The van der Waals surface area contributed by atoms with E-state index in [1.165, 1.54) is 35.0 Å². The summed E-state index contributed by atoms with van der Waals surface area (Å²) in [6.07, 6.45) is 0. The average molecular weight is 499 g/mol. The van der Waals surface area contributed by atoms with Crippen LogP contribution in [0.5, 0.6) is 0 Å². The Balaban J connectivity index is 1.30. The Bertz CT molecular complexity index is 1460. The van der Waals surface area contributed by atoms with Crippen molar-refractivity contribution in [2.24, 2.45) is 4.99 Å². The third kappa shape index (κ3) is 4.26. The van der Waals surface area contributed by atoms with Crippen molar-refractivity contribution < 1.29 is 4.79 Å². The van der Waals surface area contributed by atoms with Gasteiger partial charge in [-0.25, -0.2) is 4.99 Å². The highest BCUT2D eigenvalue weighted by Gasteiger charge is 2.18. The number of nitrogens with zero attached hydrogens (tertiary/aromatic N) is 4. The minimum absolute atomic E-state index is 0.170. The fraction of sp³-hybridized carbons (Fsp3) is 0.0476. The number of fused-ring (bicyclic) bond motifs is 1. The molecule has 0 saturated heterocycles. The van der Waals surface area contributed by atoms with Crippen molar-refractivity contribution in [1.82, 2.24) is 24.6 Å². The average Bonchev–Trinajstić information content (AvgIpc) is 3.51. The van der Waals surface area contributed by atoms with Gasteiger partial charge in [-0.3, -0.25) is 19.2 Å². The van der Waals surface area contributed by atoms with E-state index in [2.05, 4.69) is 31.8 Å². The van der Waals surface area contributed by atoms with Crippen molar-refractivity contribution in [3.8, 4) is 11.3 Å². The third-order valence-electron chi connectivity index (χ3n) is 4.56. The van der Waals surface area contributed by atoms with E-state index in [4.69, 9.17) is 11.6 Å². The smallest absolute Gasteiger partial charge is 0.237 e. The predicted octanol–water partition coefficient (Wildman–Crippen LogP) is 3.10. The lowest BCUT2D eigenvalue weighted by molar-refractivity contribution is -0.117. The van der Waals surface area contributed by atoms with Crippen molar-refractivity contribution in [2.75, 3.05) is 5.75 Å². The van der Waals surface area contributed by atoms with Gasteiger partial charge in [0.25, 0.3) is 0 Å². The summed E-state index contributed by atoms with van der Waals surface area (Å²) in [5.41, 5.74) is 1.96. The summed E-state index contributed by atoms with van der Waals surface area (Å²) in [5.74, 6) is 0.386. The standard InChI is InChI=1S/C21H15ClN6OS3/c1-12-4-2-3-5-15(12)18-24-19(27-32-18)23-17(29)11-31-21-26-25-20-28(21)16(10-30-20)13-6-8-14(22)9-7-13/h2-10H,1,11H2,(H2,23,24,27,29). The molecular formula is C21H15ClN6OS3. The fourth-order valence-corrected chi connectivity index (χ4v) is 5.55. The number of carbonyl (C=O) groups excluding carboxylic acids is 1. The zero-order valence-corrected chi connectivity index (χ0v) is 19.6. The molecule has 0 fully saturated rings. The highest BCUT2D eigenvalue weighted by molar-refractivity contribution is 8.07. The SMILES string of the molecule is C=c1ccccc1=C1N=C(NC(=O)CSc2nnc3scc(-c4ccc(Cl)cc4)n23)NS1. The molecule has 1 aliphatic heterocycles. The first-order valence-electron chi connectivity index (χ1n) is 9.39. The van der Waals surface area contributed by atoms with E-state index in [-0.39, 0.29) is 11.7 Å². The maximum atomic E-state index is 12.5. The van der Waals surface area contributed by atoms with Gasteiger partial charge < -0.3 is 0 Å². The molecule has 1 amide bonds. The summed E-state index contributed by atoms with van der Waals surface area (Å²) in [6, 6.07) is 15.3. The van der Waals surface area contributed by atoms with Gasteiger partial charge in [0.05, 0.1) is 11.4 Å². The molecule has 4 aromatic rings. The van der Waals surface area contributed by atoms with Crippen LogP contribution in [0.15, 0.2) is 64.1 Å². The van der Waals surface area contributed by atoms with E-state index in [0.29, 0.717) is 16.1 Å². The molecular weight excluding hydrogens is 484 g/mol. The Morgan fingerprint density at radius 3 is 2.81 bits per heavy atom. The summed E-state index contributed by atoms with van der Waals surface area (Å²) < 4.78 is 4.98. The van der Waals surface area contributed by atoms with Crippen LogP contribution in [-0.4, -0.2) is 32.2 Å². The van der Waals surface area contributed by atoms with Crippen LogP contribution in [-0.2, 0) is 4.79 Å². The monoisotopic (exact) mass is 498 g/mol. The second-order valence-electron chi connectivity index (χ2n) is 6.69. The van der Waals surface area contributed by atoms with Crippen LogP contribution in [0.2, 0.25) is 5.02 Å². The number of rotatable bonds is 4. The van der Waals surface area contributed by atoms with Crippen LogP contribution in [0.1, 0.15) is 0 Å². The van der Waals surface area contributed by atoms with Crippen LogP contribution in [0, 0.1) is 0 Å². The van der Waals surface area contributed by atoms with E-state index >= 15 is 0 Å². The normalized spacial score (nSPS) is 15.0. The number of hydrogen-bond donors (Lipinski definition) is 2. The second-order valence-corrected chi connectivity index (χ2v) is 9.70. The lowest BCUT2D eigenvalue weighted by Gasteiger charge is -2.05. The van der Waals surface area contributed by atoms with E-state index in [1.807, 2.05) is 58.3 Å². The Kier molecular flexibility index (Phi) is 5.92. The molecule has 3 heterocycles. The molecule has 0 aliphatic carbocycles. The molecule has 1 aliphatic rings. The highest BCUT2D eigenvalue weighted by Crippen LogP contribution is 2.30. The van der Waals surface area contributed by atoms with E-state index < -0.39 is 0 Å². The lowest BCUT2D eigenvalue weighted by atomic mass is 10.2. The number of benzene rings is 2. The van der Waals surface area contributed by atoms with Crippen LogP contribution in [0.4, 0.5) is 0 Å². The largest absolute Gasteiger partial charge is 0.295 e. The van der Waals surface area contributed by atoms with Gasteiger partial charge in [-0.2, -0.15) is 0 Å². The number of amides is 1. The molecule has 2 aromatic heterocycles. The number of thiazole rings is 1. The van der Waals surface area contributed by atoms with Gasteiger partial charge in [0, 0.05) is 27.6 Å². The number of aromatic nitrogens is 3. The first-order chi connectivity index (χ1) is 15.6. The van der Waals surface area contributed by atoms with Crippen molar-refractivity contribution >= 4 is 75.1 Å². The van der Waals surface area contributed by atoms with Gasteiger partial charge in [-0.1, -0.05) is 66.3 Å². The number of halogens is 1. The van der Waals surface area contributed by atoms with Gasteiger partial charge in [-0.05, 0) is 22.9 Å². The highest BCUT2D eigenvalue weighted by atomic mass is 35.5. The molecule has 32 heavy (non-hydrogen) atoms. The van der Waals surface area contributed by atoms with Crippen LogP contribution >= 0.6 is 46.6 Å². The van der Waals surface area contributed by atoms with Gasteiger partial charge in [0.15, 0.2) is 5.16 Å². The van der Waals surface area contributed by atoms with Crippen LogP contribution < -0.4 is 20.5 Å². The molecule has 0 unspecified atom stereocenters. The topological polar surface area (TPSA) is 83.7 Å². The zero-order chi connectivity index (χ0) is 22.1. The van der Waals surface area contributed by atoms with Crippen LogP contribution in [0.3, 0.4) is 0 Å². The van der Waals surface area contributed by atoms with E-state index in [0.717, 1.165) is 31.7 Å². The molecule has 160 valence electrons. The molecule has 11 heteroatoms. The second kappa shape index (κ2) is 8.99. The maximum Gasteiger partial charge on any atom is 0.237 e. The maximum absolute atomic E-state index is 12.5. The van der Waals surface area contributed by atoms with Crippen molar-refractivity contribution in [2.45, 2.75) is 5.16 Å². The molecule has 0 radical (unpaired) electrons. The third-order valence-corrected chi connectivity index (χ3v) is 7.35. The molecule has 0 spiro atoms.